The van der Waals surface area contributed by atoms with E-state index in [9.17, 15) is 24.8 Å². The van der Waals surface area contributed by atoms with Gasteiger partial charge in [0, 0.05) is 29.6 Å². The number of thiophene rings is 1. The second kappa shape index (κ2) is 6.10. The molecule has 0 bridgehead atoms. The highest BCUT2D eigenvalue weighted by Crippen LogP contribution is 2.35. The van der Waals surface area contributed by atoms with E-state index in [1.165, 1.54) is 22.9 Å². The molecule has 0 unspecified atom stereocenters. The number of nitro benzene ring substituents is 1. The number of rotatable bonds is 4. The van der Waals surface area contributed by atoms with E-state index in [0.717, 1.165) is 11.3 Å². The molecule has 25 heavy (non-hydrogen) atoms. The highest BCUT2D eigenvalue weighted by Gasteiger charge is 2.23. The summed E-state index contributed by atoms with van der Waals surface area (Å²) in [5.41, 5.74) is 0.780. The largest absolute Gasteiger partial charge is 0.477 e. The molecule has 0 amide bonds. The lowest BCUT2D eigenvalue weighted by Crippen LogP contribution is -2.22. The van der Waals surface area contributed by atoms with E-state index in [1.807, 2.05) is 0 Å². The molecule has 8 nitrogen and oxygen atoms in total. The van der Waals surface area contributed by atoms with Crippen LogP contribution < -0.4 is 5.56 Å². The maximum atomic E-state index is 12.5. The fourth-order valence-corrected chi connectivity index (χ4v) is 3.76. The molecule has 0 aliphatic rings. The number of hydrogen-bond acceptors (Lipinski definition) is 6. The first-order chi connectivity index (χ1) is 11.8. The molecule has 0 saturated carbocycles. The number of aryl methyl sites for hydroxylation is 2. The highest BCUT2D eigenvalue weighted by molar-refractivity contribution is 7.21. The summed E-state index contributed by atoms with van der Waals surface area (Å²) in [4.78, 5) is 34.5. The van der Waals surface area contributed by atoms with Gasteiger partial charge in [-0.3, -0.25) is 14.9 Å². The first-order valence-corrected chi connectivity index (χ1v) is 8.19. The third kappa shape index (κ3) is 2.68. The summed E-state index contributed by atoms with van der Waals surface area (Å²) >= 11 is 0.901. The lowest BCUT2D eigenvalue weighted by molar-refractivity contribution is -0.384. The summed E-state index contributed by atoms with van der Waals surface area (Å²) in [6.45, 7) is 3.66. The minimum Gasteiger partial charge on any atom is -0.477 e. The van der Waals surface area contributed by atoms with E-state index in [1.54, 1.807) is 19.9 Å². The van der Waals surface area contributed by atoms with Gasteiger partial charge in [-0.15, -0.1) is 11.3 Å². The molecular formula is C16H13N3O5S. The number of carboxylic acids is 1. The van der Waals surface area contributed by atoms with Crippen molar-refractivity contribution in [2.75, 3.05) is 0 Å². The monoisotopic (exact) mass is 359 g/mol. The van der Waals surface area contributed by atoms with Gasteiger partial charge >= 0.3 is 5.97 Å². The average Bonchev–Trinajstić information content (AvgIpc) is 2.94. The Labute approximate surface area is 145 Å². The number of aromatic nitrogens is 2. The predicted octanol–water partition coefficient (Wildman–Crippen LogP) is 3.06. The number of fused-ring (bicyclic) bond motifs is 1. The van der Waals surface area contributed by atoms with Crippen LogP contribution in [0, 0.1) is 17.0 Å². The summed E-state index contributed by atoms with van der Waals surface area (Å²) in [5.74, 6) is -1.12. The van der Waals surface area contributed by atoms with Gasteiger partial charge in [-0.2, -0.15) is 5.10 Å². The van der Waals surface area contributed by atoms with Crippen LogP contribution in [-0.2, 0) is 6.54 Å². The van der Waals surface area contributed by atoms with Gasteiger partial charge in [-0.1, -0.05) is 12.1 Å². The van der Waals surface area contributed by atoms with Gasteiger partial charge in [0.1, 0.15) is 15.3 Å². The van der Waals surface area contributed by atoms with Crippen molar-refractivity contribution in [3.63, 3.8) is 0 Å². The van der Waals surface area contributed by atoms with Crippen molar-refractivity contribution in [1.29, 1.82) is 0 Å². The van der Waals surface area contributed by atoms with E-state index in [4.69, 9.17) is 0 Å². The molecule has 0 fully saturated rings. The van der Waals surface area contributed by atoms with E-state index in [-0.39, 0.29) is 20.8 Å². The van der Waals surface area contributed by atoms with Crippen LogP contribution in [0.5, 0.6) is 0 Å². The maximum Gasteiger partial charge on any atom is 0.346 e. The summed E-state index contributed by atoms with van der Waals surface area (Å²) in [6, 6.07) is 5.91. The van der Waals surface area contributed by atoms with E-state index >= 15 is 0 Å². The number of hydrogen-bond donors (Lipinski definition) is 1. The SMILES string of the molecule is CCn1nc(-c2cccc([N+](=O)[O-])c2)c2c(C)c(C(=O)O)sc2c1=O. The molecule has 0 saturated heterocycles. The standard InChI is InChI=1S/C16H13N3O5S/c1-3-18-15(20)14-11(8(2)13(25-14)16(21)22)12(17-18)9-5-4-6-10(7-9)19(23)24/h4-7H,3H2,1-2H3,(H,21,22). The van der Waals surface area contributed by atoms with Crippen molar-refractivity contribution in [1.82, 2.24) is 9.78 Å². The van der Waals surface area contributed by atoms with E-state index < -0.39 is 10.9 Å². The van der Waals surface area contributed by atoms with Crippen molar-refractivity contribution in [3.05, 3.63) is 55.2 Å². The Morgan fingerprint density at radius 2 is 2.16 bits per heavy atom. The van der Waals surface area contributed by atoms with Crippen LogP contribution in [-0.4, -0.2) is 25.8 Å². The summed E-state index contributed by atoms with van der Waals surface area (Å²) in [5, 5.41) is 25.1. The molecule has 2 heterocycles. The highest BCUT2D eigenvalue weighted by atomic mass is 32.1. The minimum absolute atomic E-state index is 0.0643. The van der Waals surface area contributed by atoms with Gasteiger partial charge < -0.3 is 5.11 Å². The summed E-state index contributed by atoms with van der Waals surface area (Å²) < 4.78 is 1.52. The van der Waals surface area contributed by atoms with E-state index in [2.05, 4.69) is 5.10 Å². The number of nitro groups is 1. The van der Waals surface area contributed by atoms with Gasteiger partial charge in [-0.25, -0.2) is 9.48 Å². The van der Waals surface area contributed by atoms with Crippen molar-refractivity contribution in [2.24, 2.45) is 0 Å². The maximum absolute atomic E-state index is 12.5. The summed E-state index contributed by atoms with van der Waals surface area (Å²) in [6.07, 6.45) is 0. The number of aromatic carboxylic acids is 1. The van der Waals surface area contributed by atoms with Crippen LogP contribution >= 0.6 is 11.3 Å². The fourth-order valence-electron chi connectivity index (χ4n) is 2.67. The average molecular weight is 359 g/mol. The van der Waals surface area contributed by atoms with Gasteiger partial charge in [0.15, 0.2) is 0 Å². The van der Waals surface area contributed by atoms with Crippen LogP contribution in [0.15, 0.2) is 29.1 Å². The molecule has 0 aliphatic heterocycles. The van der Waals surface area contributed by atoms with Gasteiger partial charge in [0.05, 0.1) is 4.92 Å². The zero-order valence-corrected chi connectivity index (χ0v) is 14.2. The molecule has 9 heteroatoms. The molecule has 128 valence electrons. The fraction of sp³-hybridized carbons (Fsp3) is 0.188. The Hall–Kier alpha value is -3.07. The Morgan fingerprint density at radius 1 is 1.44 bits per heavy atom. The third-order valence-electron chi connectivity index (χ3n) is 3.86. The number of nitrogens with zero attached hydrogens (tertiary/aromatic N) is 3. The Balaban J connectivity index is 2.44. The number of benzene rings is 1. The molecule has 0 spiro atoms. The van der Waals surface area contributed by atoms with Crippen LogP contribution in [0.3, 0.4) is 0 Å². The van der Waals surface area contributed by atoms with Crippen LogP contribution in [0.2, 0.25) is 0 Å². The predicted molar refractivity (Wildman–Crippen MR) is 93.3 cm³/mol. The summed E-state index contributed by atoms with van der Waals surface area (Å²) in [7, 11) is 0. The van der Waals surface area contributed by atoms with Crippen LogP contribution in [0.1, 0.15) is 22.2 Å². The molecule has 0 atom stereocenters. The molecular weight excluding hydrogens is 346 g/mol. The molecule has 0 aliphatic carbocycles. The minimum atomic E-state index is -1.12. The van der Waals surface area contributed by atoms with Crippen molar-refractivity contribution < 1.29 is 14.8 Å². The first kappa shape index (κ1) is 16.8. The van der Waals surface area contributed by atoms with Gasteiger partial charge in [0.2, 0.25) is 0 Å². The smallest absolute Gasteiger partial charge is 0.346 e. The Morgan fingerprint density at radius 3 is 2.76 bits per heavy atom. The van der Waals surface area contributed by atoms with Crippen molar-refractivity contribution in [3.8, 4) is 11.3 Å². The second-order valence-corrected chi connectivity index (χ2v) is 6.36. The van der Waals surface area contributed by atoms with Gasteiger partial charge in [-0.05, 0) is 19.4 Å². The molecule has 3 rings (SSSR count). The second-order valence-electron chi connectivity index (χ2n) is 5.34. The van der Waals surface area contributed by atoms with Crippen molar-refractivity contribution >= 4 is 33.1 Å². The number of non-ortho nitro benzene ring substituents is 1. The quantitative estimate of drug-likeness (QED) is 0.565. The van der Waals surface area contributed by atoms with E-state index in [0.29, 0.717) is 28.8 Å². The van der Waals surface area contributed by atoms with Crippen molar-refractivity contribution in [2.45, 2.75) is 20.4 Å². The zero-order valence-electron chi connectivity index (χ0n) is 13.3. The first-order valence-electron chi connectivity index (χ1n) is 7.37. The molecule has 2 aromatic heterocycles. The normalized spacial score (nSPS) is 11.0. The molecule has 1 N–H and O–H groups in total. The van der Waals surface area contributed by atoms with Gasteiger partial charge in [0.25, 0.3) is 11.2 Å². The van der Waals surface area contributed by atoms with Crippen LogP contribution in [0.4, 0.5) is 5.69 Å². The molecule has 1 aromatic carbocycles. The Kier molecular flexibility index (Phi) is 4.09. The van der Waals surface area contributed by atoms with Crippen LogP contribution in [0.25, 0.3) is 21.3 Å². The topological polar surface area (TPSA) is 115 Å². The molecule has 3 aromatic rings. The molecule has 0 radical (unpaired) electrons. The number of carboxylic acid groups (broad SMARTS) is 1. The zero-order chi connectivity index (χ0) is 18.3. The number of carbonyl (C=O) groups is 1. The third-order valence-corrected chi connectivity index (χ3v) is 5.12. The lowest BCUT2D eigenvalue weighted by atomic mass is 10.0. The Bertz CT molecular complexity index is 1080. The lowest BCUT2D eigenvalue weighted by Gasteiger charge is -2.08.